The Morgan fingerprint density at radius 1 is 1.29 bits per heavy atom. The molecule has 7 nitrogen and oxygen atoms in total. The van der Waals surface area contributed by atoms with Gasteiger partial charge in [-0.05, 0) is 44.2 Å². The zero-order valence-corrected chi connectivity index (χ0v) is 18.1. The fourth-order valence-electron chi connectivity index (χ4n) is 3.96. The highest BCUT2D eigenvalue weighted by Crippen LogP contribution is 2.33. The summed E-state index contributed by atoms with van der Waals surface area (Å²) in [4.78, 5) is 28.8. The summed E-state index contributed by atoms with van der Waals surface area (Å²) in [5, 5.41) is 3.05. The van der Waals surface area contributed by atoms with Gasteiger partial charge in [-0.2, -0.15) is 4.31 Å². The van der Waals surface area contributed by atoms with E-state index < -0.39 is 21.5 Å². The Kier molecular flexibility index (Phi) is 6.07. The van der Waals surface area contributed by atoms with Crippen LogP contribution in [0.15, 0.2) is 29.2 Å². The minimum absolute atomic E-state index is 0.0698. The van der Waals surface area contributed by atoms with Gasteiger partial charge in [0.05, 0.1) is 12.8 Å². The predicted molar refractivity (Wildman–Crippen MR) is 111 cm³/mol. The van der Waals surface area contributed by atoms with Crippen molar-refractivity contribution in [3.63, 3.8) is 0 Å². The van der Waals surface area contributed by atoms with E-state index in [0.29, 0.717) is 5.69 Å². The molecule has 1 aliphatic carbocycles. The number of rotatable bonds is 5. The van der Waals surface area contributed by atoms with Crippen molar-refractivity contribution in [1.29, 1.82) is 0 Å². The van der Waals surface area contributed by atoms with E-state index in [2.05, 4.69) is 5.32 Å². The molecule has 1 aromatic rings. The van der Waals surface area contributed by atoms with Gasteiger partial charge in [0.15, 0.2) is 0 Å². The summed E-state index contributed by atoms with van der Waals surface area (Å²) in [6, 6.07) is 7.50. The number of amides is 2. The number of carbonyl (C=O) groups excluding carboxylic acids is 2. The lowest BCUT2D eigenvalue weighted by atomic mass is 9.94. The minimum atomic E-state index is -3.61. The summed E-state index contributed by atoms with van der Waals surface area (Å²) in [6.45, 7) is 1.31. The third-order valence-electron chi connectivity index (χ3n) is 5.50. The van der Waals surface area contributed by atoms with E-state index in [1.165, 1.54) is 4.90 Å². The number of hydrogen-bond acceptors (Lipinski definition) is 5. The summed E-state index contributed by atoms with van der Waals surface area (Å²) in [5.74, 6) is -0.713. The standard InChI is InChI=1S/C19H27N3O4S2/c1-19(18(24)20-14-7-4-5-8-14)13-21(28(3,25)26)12-17(23)22(19)15-9-6-10-16(11-15)27-2/h6,9-11,14H,4-5,7-8,12-13H2,1-3H3,(H,20,24)/t19-/m0/s1. The molecule has 1 aliphatic heterocycles. The fourth-order valence-corrected chi connectivity index (χ4v) is 5.25. The molecule has 0 bridgehead atoms. The number of sulfonamides is 1. The van der Waals surface area contributed by atoms with Crippen LogP contribution < -0.4 is 10.2 Å². The van der Waals surface area contributed by atoms with Gasteiger partial charge in [0.25, 0.3) is 0 Å². The van der Waals surface area contributed by atoms with Crippen molar-refractivity contribution in [2.24, 2.45) is 0 Å². The molecule has 28 heavy (non-hydrogen) atoms. The summed E-state index contributed by atoms with van der Waals surface area (Å²) in [7, 11) is -3.61. The lowest BCUT2D eigenvalue weighted by Crippen LogP contribution is -2.70. The molecule has 1 heterocycles. The van der Waals surface area contributed by atoms with Gasteiger partial charge in [0.1, 0.15) is 5.54 Å². The van der Waals surface area contributed by atoms with E-state index in [9.17, 15) is 18.0 Å². The van der Waals surface area contributed by atoms with Crippen LogP contribution >= 0.6 is 11.8 Å². The van der Waals surface area contributed by atoms with E-state index in [4.69, 9.17) is 0 Å². The average molecular weight is 426 g/mol. The summed E-state index contributed by atoms with van der Waals surface area (Å²) < 4.78 is 25.4. The Balaban J connectivity index is 2.01. The number of benzene rings is 1. The van der Waals surface area contributed by atoms with Crippen LogP contribution in [0.2, 0.25) is 0 Å². The van der Waals surface area contributed by atoms with Crippen LogP contribution in [-0.4, -0.2) is 61.7 Å². The predicted octanol–water partition coefficient (Wildman–Crippen LogP) is 1.83. The maximum Gasteiger partial charge on any atom is 0.247 e. The van der Waals surface area contributed by atoms with E-state index in [0.717, 1.165) is 41.1 Å². The zero-order chi connectivity index (χ0) is 20.5. The molecule has 1 saturated carbocycles. The lowest BCUT2D eigenvalue weighted by molar-refractivity contribution is -0.133. The Hall–Kier alpha value is -1.58. The molecule has 1 saturated heterocycles. The highest BCUT2D eigenvalue weighted by Gasteiger charge is 2.50. The molecule has 1 atom stereocenters. The van der Waals surface area contributed by atoms with Crippen molar-refractivity contribution in [1.82, 2.24) is 9.62 Å². The van der Waals surface area contributed by atoms with Gasteiger partial charge in [0.2, 0.25) is 21.8 Å². The lowest BCUT2D eigenvalue weighted by Gasteiger charge is -2.46. The molecular formula is C19H27N3O4S2. The van der Waals surface area contributed by atoms with Crippen molar-refractivity contribution in [2.75, 3.05) is 30.5 Å². The summed E-state index contributed by atoms with van der Waals surface area (Å²) in [6.07, 6.45) is 6.96. The molecule has 0 unspecified atom stereocenters. The van der Waals surface area contributed by atoms with Crippen LogP contribution in [0.3, 0.4) is 0 Å². The molecule has 0 spiro atoms. The first-order chi connectivity index (χ1) is 13.1. The number of nitrogens with zero attached hydrogens (tertiary/aromatic N) is 2. The van der Waals surface area contributed by atoms with Gasteiger partial charge < -0.3 is 5.32 Å². The first-order valence-electron chi connectivity index (χ1n) is 9.38. The van der Waals surface area contributed by atoms with Crippen LogP contribution in [0.1, 0.15) is 32.6 Å². The first kappa shape index (κ1) is 21.1. The van der Waals surface area contributed by atoms with Crippen molar-refractivity contribution in [2.45, 2.75) is 49.1 Å². The molecule has 0 aromatic heterocycles. The van der Waals surface area contributed by atoms with Crippen LogP contribution in [-0.2, 0) is 19.6 Å². The van der Waals surface area contributed by atoms with Crippen molar-refractivity contribution < 1.29 is 18.0 Å². The summed E-state index contributed by atoms with van der Waals surface area (Å²) in [5.41, 5.74) is -0.716. The molecular weight excluding hydrogens is 398 g/mol. The van der Waals surface area contributed by atoms with E-state index in [1.54, 1.807) is 24.8 Å². The molecule has 1 N–H and O–H groups in total. The number of thioether (sulfide) groups is 1. The van der Waals surface area contributed by atoms with Gasteiger partial charge in [-0.3, -0.25) is 14.5 Å². The molecule has 2 aliphatic rings. The SMILES string of the molecule is CSc1cccc(N2C(=O)CN(S(C)(=O)=O)C[C@@]2(C)C(=O)NC2CCCC2)c1. The second kappa shape index (κ2) is 8.04. The number of hydrogen-bond donors (Lipinski definition) is 1. The Morgan fingerprint density at radius 3 is 2.57 bits per heavy atom. The van der Waals surface area contributed by atoms with Gasteiger partial charge in [-0.15, -0.1) is 11.8 Å². The quantitative estimate of drug-likeness (QED) is 0.728. The number of nitrogens with one attached hydrogen (secondary N) is 1. The monoisotopic (exact) mass is 425 g/mol. The fraction of sp³-hybridized carbons (Fsp3) is 0.579. The van der Waals surface area contributed by atoms with Gasteiger partial charge in [-0.1, -0.05) is 18.9 Å². The maximum absolute atomic E-state index is 13.3. The van der Waals surface area contributed by atoms with Gasteiger partial charge in [-0.25, -0.2) is 8.42 Å². The molecule has 1 aromatic carbocycles. The van der Waals surface area contributed by atoms with Crippen molar-refractivity contribution in [3.8, 4) is 0 Å². The topological polar surface area (TPSA) is 86.8 Å². The van der Waals surface area contributed by atoms with Crippen LogP contribution in [0.5, 0.6) is 0 Å². The third kappa shape index (κ3) is 4.21. The van der Waals surface area contributed by atoms with E-state index >= 15 is 0 Å². The van der Waals surface area contributed by atoms with Gasteiger partial charge >= 0.3 is 0 Å². The largest absolute Gasteiger partial charge is 0.351 e. The van der Waals surface area contributed by atoms with Crippen molar-refractivity contribution in [3.05, 3.63) is 24.3 Å². The van der Waals surface area contributed by atoms with E-state index in [1.807, 2.05) is 24.5 Å². The highest BCUT2D eigenvalue weighted by atomic mass is 32.2. The Bertz CT molecular complexity index is 868. The number of piperazine rings is 1. The number of carbonyl (C=O) groups is 2. The van der Waals surface area contributed by atoms with Crippen molar-refractivity contribution >= 4 is 39.3 Å². The average Bonchev–Trinajstić information content (AvgIpc) is 3.13. The second-order valence-corrected chi connectivity index (χ2v) is 10.6. The third-order valence-corrected chi connectivity index (χ3v) is 7.42. The van der Waals surface area contributed by atoms with E-state index in [-0.39, 0.29) is 25.0 Å². The Labute approximate surface area is 170 Å². The Morgan fingerprint density at radius 2 is 1.96 bits per heavy atom. The highest BCUT2D eigenvalue weighted by molar-refractivity contribution is 7.98. The van der Waals surface area contributed by atoms with Gasteiger partial charge in [0, 0.05) is 23.2 Å². The first-order valence-corrected chi connectivity index (χ1v) is 12.5. The number of anilines is 1. The zero-order valence-electron chi connectivity index (χ0n) is 16.5. The molecule has 2 fully saturated rings. The molecule has 2 amide bonds. The normalized spacial score (nSPS) is 24.5. The smallest absolute Gasteiger partial charge is 0.247 e. The van der Waals surface area contributed by atoms with Crippen LogP contribution in [0, 0.1) is 0 Å². The van der Waals surface area contributed by atoms with Crippen LogP contribution in [0.4, 0.5) is 5.69 Å². The minimum Gasteiger partial charge on any atom is -0.351 e. The van der Waals surface area contributed by atoms with Crippen LogP contribution in [0.25, 0.3) is 0 Å². The molecule has 0 radical (unpaired) electrons. The second-order valence-electron chi connectivity index (χ2n) is 7.69. The molecule has 3 rings (SSSR count). The molecule has 154 valence electrons. The molecule has 9 heteroatoms. The maximum atomic E-state index is 13.3. The summed E-state index contributed by atoms with van der Waals surface area (Å²) >= 11 is 1.54.